The van der Waals surface area contributed by atoms with Crippen molar-refractivity contribution in [1.82, 2.24) is 10.6 Å². The molecule has 0 aromatic heterocycles. The van der Waals surface area contributed by atoms with Crippen LogP contribution in [0.15, 0.2) is 0 Å². The monoisotopic (exact) mass is 296 g/mol. The van der Waals surface area contributed by atoms with Gasteiger partial charge in [0.05, 0.1) is 11.5 Å². The lowest BCUT2D eigenvalue weighted by Gasteiger charge is -2.20. The number of imide groups is 1. The van der Waals surface area contributed by atoms with E-state index in [-0.39, 0.29) is 11.5 Å². The molecule has 0 atom stereocenters. The first kappa shape index (κ1) is 17.2. The Bertz CT molecular complexity index is 399. The van der Waals surface area contributed by atoms with Crippen molar-refractivity contribution >= 4 is 33.5 Å². The summed E-state index contributed by atoms with van der Waals surface area (Å²) in [5.41, 5.74) is -0.409. The van der Waals surface area contributed by atoms with Crippen LogP contribution in [0.3, 0.4) is 0 Å². The Morgan fingerprint density at radius 1 is 1.22 bits per heavy atom. The number of sulfone groups is 1. The highest BCUT2D eigenvalue weighted by Crippen LogP contribution is 2.01. The molecule has 0 heterocycles. The molecule has 0 saturated heterocycles. The van der Waals surface area contributed by atoms with Crippen LogP contribution in [0.25, 0.3) is 0 Å². The summed E-state index contributed by atoms with van der Waals surface area (Å²) < 4.78 is 21.7. The summed E-state index contributed by atoms with van der Waals surface area (Å²) in [6.45, 7) is 5.41. The number of hydrogen-bond acceptors (Lipinski definition) is 5. The summed E-state index contributed by atoms with van der Waals surface area (Å²) in [6, 6.07) is -0.545. The minimum Gasteiger partial charge on any atom is -0.333 e. The summed E-state index contributed by atoms with van der Waals surface area (Å²) in [4.78, 5) is 22.6. The van der Waals surface area contributed by atoms with Gasteiger partial charge >= 0.3 is 6.03 Å². The average molecular weight is 296 g/mol. The Labute approximate surface area is 112 Å². The predicted octanol–water partition coefficient (Wildman–Crippen LogP) is 0.389. The summed E-state index contributed by atoms with van der Waals surface area (Å²) in [6.07, 6.45) is 1.14. The van der Waals surface area contributed by atoms with Crippen molar-refractivity contribution in [3.05, 3.63) is 0 Å². The van der Waals surface area contributed by atoms with Gasteiger partial charge in [-0.15, -0.1) is 0 Å². The van der Waals surface area contributed by atoms with Gasteiger partial charge in [0.2, 0.25) is 5.91 Å². The normalized spacial score (nSPS) is 12.0. The maximum Gasteiger partial charge on any atom is 0.321 e. The van der Waals surface area contributed by atoms with E-state index < -0.39 is 27.3 Å². The third-order valence-corrected chi connectivity index (χ3v) is 3.74. The lowest BCUT2D eigenvalue weighted by Crippen LogP contribution is -2.48. The third-order valence-electron chi connectivity index (χ3n) is 1.57. The molecule has 0 radical (unpaired) electrons. The van der Waals surface area contributed by atoms with Crippen molar-refractivity contribution in [3.63, 3.8) is 0 Å². The van der Waals surface area contributed by atoms with Crippen molar-refractivity contribution < 1.29 is 18.0 Å². The van der Waals surface area contributed by atoms with E-state index in [1.165, 1.54) is 11.8 Å². The maximum absolute atomic E-state index is 11.3. The Hall–Kier alpha value is -0.760. The van der Waals surface area contributed by atoms with E-state index in [1.54, 1.807) is 20.8 Å². The zero-order chi connectivity index (χ0) is 14.4. The number of carbonyl (C=O) groups excluding carboxylic acids is 2. The van der Waals surface area contributed by atoms with Crippen molar-refractivity contribution in [2.45, 2.75) is 26.3 Å². The highest BCUT2D eigenvalue weighted by Gasteiger charge is 2.15. The van der Waals surface area contributed by atoms with Crippen molar-refractivity contribution in [3.8, 4) is 0 Å². The second-order valence-corrected chi connectivity index (χ2v) is 8.30. The smallest absolute Gasteiger partial charge is 0.321 e. The average Bonchev–Trinajstić information content (AvgIpc) is 2.07. The van der Waals surface area contributed by atoms with Crippen LogP contribution in [-0.2, 0) is 14.6 Å². The SMILES string of the molecule is CC(C)(C)NC(=O)NC(=O)CSCCS(C)(=O)=O. The molecule has 2 N–H and O–H groups in total. The van der Waals surface area contributed by atoms with Crippen LogP contribution in [0.5, 0.6) is 0 Å². The molecule has 0 aromatic carbocycles. The van der Waals surface area contributed by atoms with Crippen molar-refractivity contribution in [2.75, 3.05) is 23.5 Å². The number of hydrogen-bond donors (Lipinski definition) is 2. The topological polar surface area (TPSA) is 92.3 Å². The van der Waals surface area contributed by atoms with Gasteiger partial charge in [-0.1, -0.05) is 0 Å². The molecule has 6 nitrogen and oxygen atoms in total. The summed E-state index contributed by atoms with van der Waals surface area (Å²) in [7, 11) is -3.00. The number of rotatable bonds is 5. The summed E-state index contributed by atoms with van der Waals surface area (Å²) in [5, 5.41) is 4.76. The second kappa shape index (κ2) is 6.98. The second-order valence-electron chi connectivity index (χ2n) is 4.93. The first-order chi connectivity index (χ1) is 7.99. The molecular weight excluding hydrogens is 276 g/mol. The van der Waals surface area contributed by atoms with Gasteiger partial charge in [-0.2, -0.15) is 11.8 Å². The molecule has 0 bridgehead atoms. The molecular formula is C10H20N2O4S2. The van der Waals surface area contributed by atoms with E-state index in [0.717, 1.165) is 6.26 Å². The van der Waals surface area contributed by atoms with Crippen LogP contribution in [0.2, 0.25) is 0 Å². The molecule has 0 saturated carbocycles. The van der Waals surface area contributed by atoms with E-state index in [4.69, 9.17) is 0 Å². The Kier molecular flexibility index (Phi) is 6.69. The first-order valence-electron chi connectivity index (χ1n) is 5.37. The van der Waals surface area contributed by atoms with Crippen molar-refractivity contribution in [1.29, 1.82) is 0 Å². The van der Waals surface area contributed by atoms with Gasteiger partial charge in [0.1, 0.15) is 9.84 Å². The lowest BCUT2D eigenvalue weighted by atomic mass is 10.1. The lowest BCUT2D eigenvalue weighted by molar-refractivity contribution is -0.117. The molecule has 0 spiro atoms. The standard InChI is InChI=1S/C10H20N2O4S2/c1-10(2,3)12-9(14)11-8(13)7-17-5-6-18(4,15)16/h5-7H2,1-4H3,(H2,11,12,13,14). The summed E-state index contributed by atoms with van der Waals surface area (Å²) >= 11 is 1.18. The number of carbonyl (C=O) groups is 2. The van der Waals surface area contributed by atoms with Crippen LogP contribution in [0, 0.1) is 0 Å². The van der Waals surface area contributed by atoms with Gasteiger partial charge < -0.3 is 5.32 Å². The van der Waals surface area contributed by atoms with Crippen LogP contribution < -0.4 is 10.6 Å². The molecule has 0 aliphatic heterocycles. The van der Waals surface area contributed by atoms with Gasteiger partial charge in [-0.25, -0.2) is 13.2 Å². The largest absolute Gasteiger partial charge is 0.333 e. The Morgan fingerprint density at radius 3 is 2.22 bits per heavy atom. The van der Waals surface area contributed by atoms with Crippen molar-refractivity contribution in [2.24, 2.45) is 0 Å². The van der Waals surface area contributed by atoms with Crippen LogP contribution >= 0.6 is 11.8 Å². The van der Waals surface area contributed by atoms with E-state index >= 15 is 0 Å². The summed E-state index contributed by atoms with van der Waals surface area (Å²) in [5.74, 6) is -0.00503. The number of amides is 3. The zero-order valence-electron chi connectivity index (χ0n) is 11.1. The fraction of sp³-hybridized carbons (Fsp3) is 0.800. The van der Waals surface area contributed by atoms with Gasteiger partial charge in [-0.3, -0.25) is 10.1 Å². The van der Waals surface area contributed by atoms with Gasteiger partial charge in [-0.05, 0) is 20.8 Å². The molecule has 18 heavy (non-hydrogen) atoms. The fourth-order valence-electron chi connectivity index (χ4n) is 0.910. The molecule has 8 heteroatoms. The highest BCUT2D eigenvalue weighted by atomic mass is 32.2. The third kappa shape index (κ3) is 11.7. The first-order valence-corrected chi connectivity index (χ1v) is 8.58. The fourth-order valence-corrected chi connectivity index (χ4v) is 2.99. The van der Waals surface area contributed by atoms with E-state index in [1.807, 2.05) is 0 Å². The van der Waals surface area contributed by atoms with Crippen LogP contribution in [0.1, 0.15) is 20.8 Å². The molecule has 106 valence electrons. The van der Waals surface area contributed by atoms with Crippen LogP contribution in [-0.4, -0.2) is 49.4 Å². The quantitative estimate of drug-likeness (QED) is 0.716. The maximum atomic E-state index is 11.3. The van der Waals surface area contributed by atoms with E-state index in [2.05, 4.69) is 10.6 Å². The minimum atomic E-state index is -3.00. The molecule has 3 amide bonds. The molecule has 0 aliphatic rings. The molecule has 0 unspecified atom stereocenters. The Balaban J connectivity index is 3.82. The van der Waals surface area contributed by atoms with E-state index in [0.29, 0.717) is 5.75 Å². The van der Waals surface area contributed by atoms with Crippen LogP contribution in [0.4, 0.5) is 4.79 Å². The molecule has 0 rings (SSSR count). The number of nitrogens with one attached hydrogen (secondary N) is 2. The number of urea groups is 1. The minimum absolute atomic E-state index is 0.0269. The zero-order valence-corrected chi connectivity index (χ0v) is 12.7. The van der Waals surface area contributed by atoms with E-state index in [9.17, 15) is 18.0 Å². The molecule has 0 fully saturated rings. The van der Waals surface area contributed by atoms with Gasteiger partial charge in [0.25, 0.3) is 0 Å². The number of thioether (sulfide) groups is 1. The highest BCUT2D eigenvalue weighted by molar-refractivity contribution is 8.01. The van der Waals surface area contributed by atoms with Gasteiger partial charge in [0.15, 0.2) is 0 Å². The predicted molar refractivity (Wildman–Crippen MR) is 73.5 cm³/mol. The van der Waals surface area contributed by atoms with Gasteiger partial charge in [0, 0.05) is 17.5 Å². The molecule has 0 aliphatic carbocycles. The molecule has 0 aromatic rings. The Morgan fingerprint density at radius 2 is 1.78 bits per heavy atom.